The maximum absolute atomic E-state index is 13.3. The Morgan fingerprint density at radius 3 is 1.55 bits per heavy atom. The van der Waals surface area contributed by atoms with Crippen molar-refractivity contribution in [3.05, 3.63) is 89.5 Å². The minimum atomic E-state index is -0.748. The number of phenolic OH excluding ortho intramolecular Hbond substituents is 1. The van der Waals surface area contributed by atoms with E-state index in [1.807, 2.05) is 50.2 Å². The Balaban J connectivity index is 0.000000136. The van der Waals surface area contributed by atoms with E-state index in [9.17, 15) is 44.4 Å². The number of hydrogen-bond donors (Lipinski definition) is 6. The van der Waals surface area contributed by atoms with Crippen molar-refractivity contribution in [1.29, 1.82) is 0 Å². The zero-order valence-corrected chi connectivity index (χ0v) is 79.3. The molecule has 0 aromatic heterocycles. The fraction of sp³-hybridized carbons (Fsp3) is 0.785. The highest BCUT2D eigenvalue weighted by Crippen LogP contribution is 2.69. The molecule has 16 aliphatic carbocycles. The molecule has 6 unspecified atom stereocenters. The van der Waals surface area contributed by atoms with Crippen molar-refractivity contribution in [2.75, 3.05) is 13.2 Å². The Kier molecular flexibility index (Phi) is 33.5. The highest BCUT2D eigenvalue weighted by atomic mass is 16.7. The second-order valence-electron chi connectivity index (χ2n) is 44.4. The molecule has 1 heterocycles. The van der Waals surface area contributed by atoms with Crippen LogP contribution in [0.5, 0.6) is 17.2 Å². The number of carbonyl (C=O) groups is 5. The molecule has 0 radical (unpaired) electrons. The number of hydrogen-bond acceptors (Lipinski definition) is 16. The molecule has 6 N–H and O–H groups in total. The fourth-order valence-electron chi connectivity index (χ4n) is 28.4. The third-order valence-corrected chi connectivity index (χ3v) is 35.0. The van der Waals surface area contributed by atoms with Crippen molar-refractivity contribution < 1.29 is 87.8 Å². The van der Waals surface area contributed by atoms with Crippen LogP contribution in [-0.2, 0) is 42.9 Å². The van der Waals surface area contributed by atoms with E-state index in [-0.39, 0.29) is 88.2 Å². The van der Waals surface area contributed by atoms with Crippen LogP contribution >= 0.6 is 0 Å². The second kappa shape index (κ2) is 42.6. The van der Waals surface area contributed by atoms with Crippen LogP contribution in [0.4, 0.5) is 4.79 Å². The SMILES string of the molecule is CCC(C)c1ccc(O)cc1.CCC(C)c1ccc(OC(=O)OC(C)(C)C)cc1.CCOC(C)Oc1ccc(C(C)CC)cc1.CC[C@@]1(OC(=O)C23CC4CC(CC(C4)C2)C3)C[C@H]2CC[C@@H]1C2.C[C@H](CCC(=O)O)[C@H]1CC[C@H]2[C@@H]3[C@H](O)C[C@@H]4C[C@H](O)CC[C@]4(C)[C@H]3C[C@H](O)[C@]12C.O=C(O)C12CC3CC(CC(C3)C1)C2.O=C(OC1CCCCO1)C1C[C@H]2CC[C@@H]1C2. The Bertz CT molecular complexity index is 3870. The highest BCUT2D eigenvalue weighted by molar-refractivity contribution is 5.78. The van der Waals surface area contributed by atoms with Crippen molar-refractivity contribution in [3.63, 3.8) is 0 Å². The van der Waals surface area contributed by atoms with Gasteiger partial charge in [-0.25, -0.2) is 4.79 Å². The quantitative estimate of drug-likeness (QED) is 0.0250. The number of aliphatic hydroxyl groups is 3. The van der Waals surface area contributed by atoms with Gasteiger partial charge in [0, 0.05) is 19.4 Å². The minimum absolute atomic E-state index is 0.0131. The Morgan fingerprint density at radius 1 is 0.544 bits per heavy atom. The number of aromatic hydroxyl groups is 1. The lowest BCUT2D eigenvalue weighted by Gasteiger charge is -2.63. The molecule has 700 valence electrons. The lowest BCUT2D eigenvalue weighted by Crippen LogP contribution is -2.62. The summed E-state index contributed by atoms with van der Waals surface area (Å²) >= 11 is 0. The number of aliphatic carboxylic acids is 2. The summed E-state index contributed by atoms with van der Waals surface area (Å²) in [6, 6.07) is 23.3. The molecule has 0 spiro atoms. The first kappa shape index (κ1) is 98.2. The summed E-state index contributed by atoms with van der Waals surface area (Å²) in [6.07, 6.45) is 37.0. The van der Waals surface area contributed by atoms with Crippen LogP contribution in [0.15, 0.2) is 72.8 Å². The normalized spacial score (nSPS) is 37.6. The summed E-state index contributed by atoms with van der Waals surface area (Å²) in [4.78, 5) is 59.1. The number of benzene rings is 3. The van der Waals surface area contributed by atoms with E-state index < -0.39 is 29.8 Å². The number of aliphatic hydroxyl groups excluding tert-OH is 3. The number of ether oxygens (including phenoxy) is 7. The van der Waals surface area contributed by atoms with Crippen LogP contribution in [0, 0.1) is 122 Å². The molecule has 18 nitrogen and oxygen atoms in total. The molecule has 17 fully saturated rings. The zero-order valence-electron chi connectivity index (χ0n) is 79.3. The summed E-state index contributed by atoms with van der Waals surface area (Å²) in [5.41, 5.74) is 2.79. The van der Waals surface area contributed by atoms with E-state index in [1.165, 1.54) is 93.7 Å². The number of carboxylic acid groups (broad SMARTS) is 2. The molecule has 22 atom stereocenters. The molecule has 17 aliphatic rings. The largest absolute Gasteiger partial charge is 0.514 e. The van der Waals surface area contributed by atoms with E-state index in [2.05, 4.69) is 81.4 Å². The summed E-state index contributed by atoms with van der Waals surface area (Å²) < 4.78 is 38.4. The molecule has 12 bridgehead atoms. The molecule has 0 amide bonds. The molecule has 3 aromatic carbocycles. The molecule has 20 rings (SSSR count). The van der Waals surface area contributed by atoms with Gasteiger partial charge in [0.1, 0.15) is 28.5 Å². The van der Waals surface area contributed by atoms with Gasteiger partial charge in [-0.15, -0.1) is 0 Å². The maximum Gasteiger partial charge on any atom is 0.514 e. The van der Waals surface area contributed by atoms with E-state index in [4.69, 9.17) is 43.4 Å². The molecular formula is C107H164O18. The van der Waals surface area contributed by atoms with Crippen LogP contribution in [0.25, 0.3) is 0 Å². The van der Waals surface area contributed by atoms with E-state index in [1.54, 1.807) is 45.0 Å². The van der Waals surface area contributed by atoms with Gasteiger partial charge in [-0.2, -0.15) is 0 Å². The first-order chi connectivity index (χ1) is 59.4. The summed E-state index contributed by atoms with van der Waals surface area (Å²) in [5, 5.41) is 60.3. The molecule has 18 heteroatoms. The monoisotopic (exact) mass is 1740 g/mol. The lowest BCUT2D eigenvalue weighted by molar-refractivity contribution is -0.207. The van der Waals surface area contributed by atoms with Gasteiger partial charge in [0.15, 0.2) is 6.29 Å². The molecule has 1 saturated heterocycles. The molecule has 1 aliphatic heterocycles. The first-order valence-corrected chi connectivity index (χ1v) is 50.1. The van der Waals surface area contributed by atoms with Gasteiger partial charge >= 0.3 is 30.0 Å². The zero-order chi connectivity index (χ0) is 90.1. The van der Waals surface area contributed by atoms with Crippen LogP contribution in [-0.4, -0.2) is 116 Å². The van der Waals surface area contributed by atoms with Gasteiger partial charge in [-0.3, -0.25) is 19.2 Å². The first-order valence-electron chi connectivity index (χ1n) is 50.1. The number of phenols is 1. The molecule has 16 saturated carbocycles. The summed E-state index contributed by atoms with van der Waals surface area (Å²) in [5.74, 6) is 12.0. The second-order valence-corrected chi connectivity index (χ2v) is 44.4. The van der Waals surface area contributed by atoms with E-state index in [0.29, 0.717) is 77.8 Å². The maximum atomic E-state index is 13.3. The van der Waals surface area contributed by atoms with E-state index >= 15 is 0 Å². The molecule has 3 aromatic rings. The number of rotatable bonds is 21. The Labute approximate surface area is 750 Å². The van der Waals surface area contributed by atoms with Crippen LogP contribution in [0.3, 0.4) is 0 Å². The number of carbonyl (C=O) groups excluding carboxylic acids is 3. The van der Waals surface area contributed by atoms with Crippen molar-refractivity contribution >= 4 is 30.0 Å². The van der Waals surface area contributed by atoms with E-state index in [0.717, 1.165) is 201 Å². The Morgan fingerprint density at radius 2 is 1.09 bits per heavy atom. The smallest absolute Gasteiger partial charge is 0.508 e. The Hall–Kier alpha value is -5.79. The number of esters is 2. The van der Waals surface area contributed by atoms with Crippen molar-refractivity contribution in [2.24, 2.45) is 122 Å². The summed E-state index contributed by atoms with van der Waals surface area (Å²) in [6.45, 7) is 32.8. The van der Waals surface area contributed by atoms with Gasteiger partial charge in [0.2, 0.25) is 6.29 Å². The molecular weight excluding hydrogens is 1570 g/mol. The van der Waals surface area contributed by atoms with Gasteiger partial charge in [0.05, 0.1) is 41.7 Å². The predicted octanol–water partition coefficient (Wildman–Crippen LogP) is 24.3. The highest BCUT2D eigenvalue weighted by Gasteiger charge is 2.67. The van der Waals surface area contributed by atoms with Gasteiger partial charge in [-0.05, 0) is 423 Å². The average Bonchev–Trinajstić information content (AvgIpc) is 1.65. The number of carboxylic acids is 2. The van der Waals surface area contributed by atoms with Gasteiger partial charge in [-0.1, -0.05) is 112 Å². The van der Waals surface area contributed by atoms with Gasteiger partial charge < -0.3 is 63.8 Å². The van der Waals surface area contributed by atoms with Crippen molar-refractivity contribution in [1.82, 2.24) is 0 Å². The third-order valence-electron chi connectivity index (χ3n) is 35.0. The summed E-state index contributed by atoms with van der Waals surface area (Å²) in [7, 11) is 0. The lowest BCUT2D eigenvalue weighted by atomic mass is 9.43. The van der Waals surface area contributed by atoms with Crippen LogP contribution in [0.1, 0.15) is 369 Å². The molecule has 125 heavy (non-hydrogen) atoms. The third kappa shape index (κ3) is 23.8. The standard InChI is InChI=1S/C24H40O5.C20H30O2.C15H22O3.C14H22O2.C13H20O3.C11H16O2.C10H14O/c1-13(4-7-21(28)29)16-5-6-17-22-18(12-20(27)24(16,17)3)23(2)9-8-15(25)10-14(23)11-19(22)26;1-2-20(12-13-3-4-17(20)8-13)22-18(21)19-9-14-5-15(10-19)7-16(6-14)11-19;1-6-11(2)12-7-9-13(10-8-12)17-14(16)18-15(3,4)5;1-5-11(3)13-7-9-14(10-8-13)16-12(4)15-6-2;14-13(16-12-3-1-2-6-15-12)11-8-9-4-5-10(11)7-9;12-10(13)11-4-7-1-8(5-11)3-9(2-7)6-11;1-3-8(2)9-4-6-10(11)7-5-9/h13-20,22,25-27H,4-12H2,1-3H3,(H,28,29);13-17H,2-12H2,1H3;7-11H,6H2,1-5H3;7-12H,5-6H2,1-4H3;9-12H,1-8H2;7-9H,1-6H2,(H,12,13);4-8,11H,3H2,1-2H3/t13-,14+,15-,16-,17+,18+,19-,20+,22+,23+,24-;13-,14?,15?,16?,17+,19?,20+;;;9-,10+,11?,12?;;/m10..0../s1. The average molecular weight is 1740 g/mol. The topological polar surface area (TPSA) is 271 Å². The predicted molar refractivity (Wildman–Crippen MR) is 488 cm³/mol. The minimum Gasteiger partial charge on any atom is -0.508 e. The van der Waals surface area contributed by atoms with Crippen molar-refractivity contribution in [2.45, 2.75) is 395 Å². The van der Waals surface area contributed by atoms with Crippen LogP contribution < -0.4 is 9.47 Å². The van der Waals surface area contributed by atoms with Crippen LogP contribution in [0.2, 0.25) is 0 Å². The van der Waals surface area contributed by atoms with Gasteiger partial charge in [0.25, 0.3) is 0 Å². The van der Waals surface area contributed by atoms with Crippen molar-refractivity contribution in [3.8, 4) is 17.2 Å². The fourth-order valence-corrected chi connectivity index (χ4v) is 28.4. The number of fused-ring (bicyclic) bond motifs is 9.